The lowest BCUT2D eigenvalue weighted by molar-refractivity contribution is 0.299. The van der Waals surface area contributed by atoms with Crippen LogP contribution in [0.4, 0.5) is 5.69 Å². The number of thiol groups is 1. The molecule has 1 heterocycles. The summed E-state index contributed by atoms with van der Waals surface area (Å²) in [6.07, 6.45) is 1.18. The van der Waals surface area contributed by atoms with E-state index in [0.717, 1.165) is 16.3 Å². The number of fused-ring (bicyclic) bond motifs is 1. The molecule has 1 aliphatic heterocycles. The van der Waals surface area contributed by atoms with Crippen LogP contribution < -0.4 is 9.64 Å². The average molecular weight is 461 g/mol. The van der Waals surface area contributed by atoms with E-state index >= 15 is 0 Å². The second-order valence-corrected chi connectivity index (χ2v) is 10.4. The van der Waals surface area contributed by atoms with Crippen molar-refractivity contribution in [1.29, 1.82) is 0 Å². The van der Waals surface area contributed by atoms with Crippen molar-refractivity contribution in [2.75, 3.05) is 37.3 Å². The quantitative estimate of drug-likeness (QED) is 0.569. The van der Waals surface area contributed by atoms with Gasteiger partial charge < -0.3 is 9.64 Å². The number of hydrogen-bond acceptors (Lipinski definition) is 6. The molecule has 164 valence electrons. The Kier molecular flexibility index (Phi) is 6.17. The zero-order chi connectivity index (χ0) is 22.0. The van der Waals surface area contributed by atoms with Crippen LogP contribution in [-0.2, 0) is 27.3 Å². The predicted octanol–water partition coefficient (Wildman–Crippen LogP) is 2.47. The SMILES string of the molecule is CS(=O)(=O)N1CCN(c2cccc(OCc3cccc4ccccc34)c2[SH](=O)=O)CC1. The first-order valence-electron chi connectivity index (χ1n) is 9.91. The van der Waals surface area contributed by atoms with E-state index in [9.17, 15) is 16.8 Å². The maximum Gasteiger partial charge on any atom is 0.211 e. The summed E-state index contributed by atoms with van der Waals surface area (Å²) in [6, 6.07) is 19.1. The van der Waals surface area contributed by atoms with Gasteiger partial charge in [0.1, 0.15) is 17.3 Å². The van der Waals surface area contributed by atoms with Crippen molar-refractivity contribution in [2.45, 2.75) is 11.5 Å². The van der Waals surface area contributed by atoms with E-state index < -0.39 is 20.7 Å². The maximum absolute atomic E-state index is 12.2. The molecule has 7 nitrogen and oxygen atoms in total. The molecule has 4 rings (SSSR count). The van der Waals surface area contributed by atoms with E-state index in [-0.39, 0.29) is 11.5 Å². The fraction of sp³-hybridized carbons (Fsp3) is 0.273. The minimum absolute atomic E-state index is 0.130. The van der Waals surface area contributed by atoms with E-state index in [0.29, 0.717) is 37.6 Å². The molecular formula is C22H24N2O5S2. The van der Waals surface area contributed by atoms with Crippen LogP contribution >= 0.6 is 0 Å². The summed E-state index contributed by atoms with van der Waals surface area (Å²) < 4.78 is 55.2. The van der Waals surface area contributed by atoms with Gasteiger partial charge >= 0.3 is 0 Å². The number of sulfonamides is 1. The van der Waals surface area contributed by atoms with Gasteiger partial charge in [0.15, 0.2) is 10.7 Å². The third-order valence-electron chi connectivity index (χ3n) is 5.47. The summed E-state index contributed by atoms with van der Waals surface area (Å²) in [5.74, 6) is 0.298. The normalized spacial score (nSPS) is 15.5. The van der Waals surface area contributed by atoms with Crippen molar-refractivity contribution in [2.24, 2.45) is 0 Å². The minimum Gasteiger partial charge on any atom is -0.487 e. The number of anilines is 1. The molecule has 3 aromatic carbocycles. The van der Waals surface area contributed by atoms with Crippen LogP contribution in [0.15, 0.2) is 65.6 Å². The van der Waals surface area contributed by atoms with Gasteiger partial charge in [-0.05, 0) is 28.5 Å². The lowest BCUT2D eigenvalue weighted by Crippen LogP contribution is -2.48. The maximum atomic E-state index is 12.2. The van der Waals surface area contributed by atoms with Gasteiger partial charge in [0.25, 0.3) is 0 Å². The van der Waals surface area contributed by atoms with Crippen molar-refractivity contribution >= 4 is 37.2 Å². The van der Waals surface area contributed by atoms with Crippen LogP contribution in [0, 0.1) is 0 Å². The van der Waals surface area contributed by atoms with Gasteiger partial charge in [-0.25, -0.2) is 16.8 Å². The molecule has 0 amide bonds. The van der Waals surface area contributed by atoms with Crippen molar-refractivity contribution in [3.8, 4) is 5.75 Å². The molecule has 3 aromatic rings. The highest BCUT2D eigenvalue weighted by molar-refractivity contribution is 7.88. The van der Waals surface area contributed by atoms with Crippen molar-refractivity contribution < 1.29 is 21.6 Å². The van der Waals surface area contributed by atoms with Crippen LogP contribution in [0.2, 0.25) is 0 Å². The molecule has 0 aliphatic carbocycles. The Morgan fingerprint density at radius 3 is 2.29 bits per heavy atom. The molecule has 0 bridgehead atoms. The van der Waals surface area contributed by atoms with E-state index in [1.807, 2.05) is 47.4 Å². The van der Waals surface area contributed by atoms with Crippen molar-refractivity contribution in [1.82, 2.24) is 4.31 Å². The van der Waals surface area contributed by atoms with Crippen LogP contribution in [-0.4, -0.2) is 53.6 Å². The number of piperazine rings is 1. The summed E-state index contributed by atoms with van der Waals surface area (Å²) in [5, 5.41) is 2.15. The van der Waals surface area contributed by atoms with E-state index in [1.54, 1.807) is 18.2 Å². The van der Waals surface area contributed by atoms with Gasteiger partial charge in [-0.3, -0.25) is 0 Å². The number of ether oxygens (including phenoxy) is 1. The molecule has 0 aromatic heterocycles. The van der Waals surface area contributed by atoms with Crippen LogP contribution in [0.1, 0.15) is 5.56 Å². The third-order valence-corrected chi connectivity index (χ3v) is 7.59. The van der Waals surface area contributed by atoms with Gasteiger partial charge in [0, 0.05) is 26.2 Å². The van der Waals surface area contributed by atoms with Gasteiger partial charge in [-0.2, -0.15) is 4.31 Å². The number of hydrogen-bond donors (Lipinski definition) is 1. The Labute approximate surface area is 183 Å². The summed E-state index contributed by atoms with van der Waals surface area (Å²) in [5.41, 5.74) is 1.51. The Balaban J connectivity index is 1.59. The molecule has 1 aliphatic rings. The van der Waals surface area contributed by atoms with E-state index in [1.165, 1.54) is 10.6 Å². The molecule has 0 saturated carbocycles. The fourth-order valence-electron chi connectivity index (χ4n) is 3.90. The summed E-state index contributed by atoms with van der Waals surface area (Å²) in [6.45, 7) is 1.69. The minimum atomic E-state index is -3.26. The fourth-order valence-corrected chi connectivity index (χ4v) is 5.45. The lowest BCUT2D eigenvalue weighted by Gasteiger charge is -2.35. The molecule has 31 heavy (non-hydrogen) atoms. The standard InChI is InChI=1S/C22H24N2O5S2/c1-31(27,28)24-14-12-23(13-15-24)20-10-5-11-21(22(20)30(25)26)29-16-18-8-4-7-17-6-2-3-9-19(17)18/h2-11,30H,12-16H2,1H3. The molecule has 0 radical (unpaired) electrons. The molecule has 1 saturated heterocycles. The van der Waals surface area contributed by atoms with E-state index in [2.05, 4.69) is 0 Å². The number of benzene rings is 3. The Bertz CT molecular complexity index is 1270. The summed E-state index contributed by atoms with van der Waals surface area (Å²) >= 11 is 0. The Morgan fingerprint density at radius 1 is 0.903 bits per heavy atom. The van der Waals surface area contributed by atoms with Crippen LogP contribution in [0.25, 0.3) is 10.8 Å². The molecule has 0 spiro atoms. The average Bonchev–Trinajstić information content (AvgIpc) is 2.76. The Hall–Kier alpha value is -2.62. The molecule has 9 heteroatoms. The summed E-state index contributed by atoms with van der Waals surface area (Å²) in [4.78, 5) is 2.03. The molecule has 0 unspecified atom stereocenters. The largest absolute Gasteiger partial charge is 0.487 e. The predicted molar refractivity (Wildman–Crippen MR) is 122 cm³/mol. The molecule has 0 atom stereocenters. The zero-order valence-corrected chi connectivity index (χ0v) is 18.8. The first-order chi connectivity index (χ1) is 14.8. The zero-order valence-electron chi connectivity index (χ0n) is 17.1. The van der Waals surface area contributed by atoms with Crippen molar-refractivity contribution in [3.63, 3.8) is 0 Å². The second kappa shape index (κ2) is 8.86. The Morgan fingerprint density at radius 2 is 1.58 bits per heavy atom. The molecular weight excluding hydrogens is 436 g/mol. The highest BCUT2D eigenvalue weighted by Crippen LogP contribution is 2.33. The van der Waals surface area contributed by atoms with Crippen LogP contribution in [0.5, 0.6) is 5.75 Å². The van der Waals surface area contributed by atoms with Gasteiger partial charge in [-0.1, -0.05) is 48.5 Å². The van der Waals surface area contributed by atoms with E-state index in [4.69, 9.17) is 4.74 Å². The van der Waals surface area contributed by atoms with Crippen molar-refractivity contribution in [3.05, 3.63) is 66.2 Å². The first-order valence-corrected chi connectivity index (χ1v) is 12.9. The summed E-state index contributed by atoms with van der Waals surface area (Å²) in [7, 11) is -6.17. The van der Waals surface area contributed by atoms with Gasteiger partial charge in [-0.15, -0.1) is 0 Å². The lowest BCUT2D eigenvalue weighted by atomic mass is 10.1. The molecule has 0 N–H and O–H groups in total. The monoisotopic (exact) mass is 460 g/mol. The van der Waals surface area contributed by atoms with Crippen LogP contribution in [0.3, 0.4) is 0 Å². The number of rotatable bonds is 6. The smallest absolute Gasteiger partial charge is 0.211 e. The molecule has 1 fully saturated rings. The number of nitrogens with zero attached hydrogens (tertiary/aromatic N) is 2. The van der Waals surface area contributed by atoms with Gasteiger partial charge in [0.2, 0.25) is 10.0 Å². The first kappa shape index (κ1) is 21.6. The van der Waals surface area contributed by atoms with Gasteiger partial charge in [0.05, 0.1) is 11.9 Å². The highest BCUT2D eigenvalue weighted by atomic mass is 32.2. The highest BCUT2D eigenvalue weighted by Gasteiger charge is 2.26. The second-order valence-electron chi connectivity index (χ2n) is 7.46. The topological polar surface area (TPSA) is 84.0 Å². The third kappa shape index (κ3) is 4.68.